The Morgan fingerprint density at radius 3 is 2.85 bits per heavy atom. The zero-order chi connectivity index (χ0) is 14.1. The van der Waals surface area contributed by atoms with E-state index in [9.17, 15) is 9.59 Å². The van der Waals surface area contributed by atoms with Crippen molar-refractivity contribution in [2.45, 2.75) is 32.0 Å². The van der Waals surface area contributed by atoms with Gasteiger partial charge in [0.05, 0.1) is 30.3 Å². The van der Waals surface area contributed by atoms with Gasteiger partial charge >= 0.3 is 0 Å². The van der Waals surface area contributed by atoms with Crippen LogP contribution < -0.4 is 4.74 Å². The summed E-state index contributed by atoms with van der Waals surface area (Å²) in [5.41, 5.74) is 0.372. The van der Waals surface area contributed by atoms with Gasteiger partial charge in [0.2, 0.25) is 0 Å². The lowest BCUT2D eigenvalue weighted by molar-refractivity contribution is -0.0654. The Hall–Kier alpha value is -1.68. The summed E-state index contributed by atoms with van der Waals surface area (Å²) in [6, 6.07) is 5.25. The molecule has 1 heterocycles. The summed E-state index contributed by atoms with van der Waals surface area (Å²) in [4.78, 5) is 25.7. The van der Waals surface area contributed by atoms with Gasteiger partial charge in [0.15, 0.2) is 11.6 Å². The molecule has 2 aliphatic carbocycles. The highest BCUT2D eigenvalue weighted by Crippen LogP contribution is 2.62. The number of rotatable bonds is 1. The van der Waals surface area contributed by atoms with Gasteiger partial charge in [0.1, 0.15) is 5.75 Å². The number of hydrogen-bond donors (Lipinski definition) is 0. The molecule has 104 valence electrons. The van der Waals surface area contributed by atoms with E-state index in [0.29, 0.717) is 29.7 Å². The van der Waals surface area contributed by atoms with Gasteiger partial charge in [-0.2, -0.15) is 0 Å². The van der Waals surface area contributed by atoms with Gasteiger partial charge in [-0.25, -0.2) is 0 Å². The molecule has 1 spiro atoms. The van der Waals surface area contributed by atoms with Crippen LogP contribution in [0.4, 0.5) is 0 Å². The van der Waals surface area contributed by atoms with Crippen molar-refractivity contribution >= 4 is 11.6 Å². The topological polar surface area (TPSA) is 52.6 Å². The van der Waals surface area contributed by atoms with Crippen molar-refractivity contribution in [3.8, 4) is 5.75 Å². The highest BCUT2D eigenvalue weighted by molar-refractivity contribution is 6.20. The molecule has 3 aliphatic rings. The maximum Gasteiger partial charge on any atom is 0.173 e. The van der Waals surface area contributed by atoms with E-state index in [0.717, 1.165) is 0 Å². The quantitative estimate of drug-likeness (QED) is 0.787. The Bertz CT molecular complexity index is 635. The van der Waals surface area contributed by atoms with Crippen LogP contribution in [0.2, 0.25) is 0 Å². The number of carbonyl (C=O) groups is 2. The fourth-order valence-electron chi connectivity index (χ4n) is 4.26. The Balaban J connectivity index is 1.92. The van der Waals surface area contributed by atoms with Crippen molar-refractivity contribution in [3.05, 3.63) is 29.3 Å². The van der Waals surface area contributed by atoms with Gasteiger partial charge in [-0.3, -0.25) is 9.59 Å². The van der Waals surface area contributed by atoms with E-state index in [1.54, 1.807) is 18.2 Å². The highest BCUT2D eigenvalue weighted by atomic mass is 16.5. The van der Waals surface area contributed by atoms with Crippen molar-refractivity contribution in [2.24, 2.45) is 11.3 Å². The third-order valence-corrected chi connectivity index (χ3v) is 5.14. The molecule has 4 rings (SSSR count). The van der Waals surface area contributed by atoms with E-state index in [-0.39, 0.29) is 29.7 Å². The highest BCUT2D eigenvalue weighted by Gasteiger charge is 2.69. The predicted molar refractivity (Wildman–Crippen MR) is 71.1 cm³/mol. The zero-order valence-electron chi connectivity index (χ0n) is 11.5. The molecule has 2 fully saturated rings. The summed E-state index contributed by atoms with van der Waals surface area (Å²) in [5.74, 6) is 0.391. The van der Waals surface area contributed by atoms with Gasteiger partial charge in [0.25, 0.3) is 0 Å². The predicted octanol–water partition coefficient (Wildman–Crippen LogP) is 2.26. The second-order valence-corrected chi connectivity index (χ2v) is 6.04. The van der Waals surface area contributed by atoms with Crippen molar-refractivity contribution in [1.82, 2.24) is 0 Å². The molecule has 4 nitrogen and oxygen atoms in total. The first-order chi connectivity index (χ1) is 9.59. The van der Waals surface area contributed by atoms with Crippen LogP contribution in [0.25, 0.3) is 0 Å². The third-order valence-electron chi connectivity index (χ3n) is 5.14. The van der Waals surface area contributed by atoms with Crippen LogP contribution in [0.5, 0.6) is 5.75 Å². The summed E-state index contributed by atoms with van der Waals surface area (Å²) in [6.07, 6.45) is 1.28. The number of ether oxygens (including phenoxy) is 2. The van der Waals surface area contributed by atoms with Crippen LogP contribution in [-0.2, 0) is 4.74 Å². The molecule has 1 aromatic carbocycles. The first-order valence-corrected chi connectivity index (χ1v) is 7.01. The molecule has 20 heavy (non-hydrogen) atoms. The molecule has 0 radical (unpaired) electrons. The molecular weight excluding hydrogens is 256 g/mol. The lowest BCUT2D eigenvalue weighted by atomic mass is 9.49. The molecule has 4 heteroatoms. The summed E-state index contributed by atoms with van der Waals surface area (Å²) in [7, 11) is 1.53. The smallest absolute Gasteiger partial charge is 0.173 e. The Kier molecular flexibility index (Phi) is 2.24. The fourth-order valence-corrected chi connectivity index (χ4v) is 4.26. The normalized spacial score (nSPS) is 37.8. The van der Waals surface area contributed by atoms with E-state index >= 15 is 0 Å². The average Bonchev–Trinajstić information content (AvgIpc) is 2.68. The molecule has 0 N–H and O–H groups in total. The number of ketones is 2. The lowest BCUT2D eigenvalue weighted by Crippen LogP contribution is -2.61. The molecule has 1 aromatic rings. The first kappa shape index (κ1) is 12.1. The van der Waals surface area contributed by atoms with Gasteiger partial charge in [-0.15, -0.1) is 0 Å². The summed E-state index contributed by atoms with van der Waals surface area (Å²) in [6.45, 7) is 1.98. The minimum absolute atomic E-state index is 0.0472. The molecule has 1 saturated carbocycles. The Morgan fingerprint density at radius 1 is 1.35 bits per heavy atom. The monoisotopic (exact) mass is 272 g/mol. The number of methoxy groups -OCH3 is 1. The number of benzene rings is 1. The number of carbonyl (C=O) groups excluding carboxylic acids is 2. The molecule has 0 amide bonds. The van der Waals surface area contributed by atoms with Crippen molar-refractivity contribution in [1.29, 1.82) is 0 Å². The molecule has 0 bridgehead atoms. The maximum atomic E-state index is 13.0. The van der Waals surface area contributed by atoms with E-state index in [1.807, 2.05) is 6.92 Å². The zero-order valence-corrected chi connectivity index (χ0v) is 11.5. The molecule has 0 aromatic heterocycles. The van der Waals surface area contributed by atoms with Gasteiger partial charge in [-0.05, 0) is 25.8 Å². The molecule has 1 aliphatic heterocycles. The van der Waals surface area contributed by atoms with Crippen LogP contribution >= 0.6 is 0 Å². The second kappa shape index (κ2) is 3.70. The van der Waals surface area contributed by atoms with Crippen LogP contribution in [0.1, 0.15) is 40.5 Å². The standard InChI is InChI=1S/C16H16O4/c1-8-7-16-10(6-12(16)20-8)14(17)13-9(15(16)18)4-3-5-11(13)19-2/h3-5,8,10,12H,6-7H2,1-2H3. The summed E-state index contributed by atoms with van der Waals surface area (Å²) in [5, 5.41) is 0. The summed E-state index contributed by atoms with van der Waals surface area (Å²) >= 11 is 0. The third kappa shape index (κ3) is 1.17. The van der Waals surface area contributed by atoms with Gasteiger partial charge in [-0.1, -0.05) is 12.1 Å². The minimum Gasteiger partial charge on any atom is -0.496 e. The van der Waals surface area contributed by atoms with E-state index < -0.39 is 5.41 Å². The average molecular weight is 272 g/mol. The minimum atomic E-state index is -0.601. The van der Waals surface area contributed by atoms with Crippen LogP contribution in [-0.4, -0.2) is 30.9 Å². The molecular formula is C16H16O4. The van der Waals surface area contributed by atoms with Crippen LogP contribution in [0.15, 0.2) is 18.2 Å². The number of fused-ring (bicyclic) bond motifs is 1. The second-order valence-electron chi connectivity index (χ2n) is 6.04. The van der Waals surface area contributed by atoms with E-state index in [4.69, 9.17) is 9.47 Å². The largest absolute Gasteiger partial charge is 0.496 e. The first-order valence-electron chi connectivity index (χ1n) is 7.01. The SMILES string of the molecule is COc1cccc2c1C(=O)C1CC3OC(C)CC31C2=O. The van der Waals surface area contributed by atoms with Gasteiger partial charge < -0.3 is 9.47 Å². The van der Waals surface area contributed by atoms with Crippen LogP contribution in [0, 0.1) is 11.3 Å². The summed E-state index contributed by atoms with van der Waals surface area (Å²) < 4.78 is 11.1. The lowest BCUT2D eigenvalue weighted by Gasteiger charge is -2.51. The molecule has 4 atom stereocenters. The van der Waals surface area contributed by atoms with E-state index in [2.05, 4.69) is 0 Å². The van der Waals surface area contributed by atoms with E-state index in [1.165, 1.54) is 7.11 Å². The van der Waals surface area contributed by atoms with Gasteiger partial charge in [0, 0.05) is 11.5 Å². The molecule has 1 saturated heterocycles. The number of hydrogen-bond acceptors (Lipinski definition) is 4. The van der Waals surface area contributed by atoms with Crippen LogP contribution in [0.3, 0.4) is 0 Å². The Labute approximate surface area is 117 Å². The number of Topliss-reactive ketones (excluding diaryl/α,β-unsaturated/α-hetero) is 2. The van der Waals surface area contributed by atoms with Crippen molar-refractivity contribution < 1.29 is 19.1 Å². The fraction of sp³-hybridized carbons (Fsp3) is 0.500. The molecule has 4 unspecified atom stereocenters. The Morgan fingerprint density at radius 2 is 2.15 bits per heavy atom. The maximum absolute atomic E-state index is 13.0. The van der Waals surface area contributed by atoms with Crippen molar-refractivity contribution in [3.63, 3.8) is 0 Å². The van der Waals surface area contributed by atoms with Crippen molar-refractivity contribution in [2.75, 3.05) is 7.11 Å².